The summed E-state index contributed by atoms with van der Waals surface area (Å²) in [6.07, 6.45) is 0.538. The number of hydrogen-bond acceptors (Lipinski definition) is 6. The first-order valence-electron chi connectivity index (χ1n) is 13.8. The zero-order valence-corrected chi connectivity index (χ0v) is 27.5. The van der Waals surface area contributed by atoms with Crippen molar-refractivity contribution in [2.75, 3.05) is 13.7 Å². The molecule has 2 rings (SSSR count). The lowest BCUT2D eigenvalue weighted by atomic mass is 10.0. The summed E-state index contributed by atoms with van der Waals surface area (Å²) in [5, 5.41) is 3.72. The Bertz CT molecular complexity index is 1110. The van der Waals surface area contributed by atoms with Crippen LogP contribution in [0.1, 0.15) is 78.5 Å². The second-order valence-electron chi connectivity index (χ2n) is 12.6. The van der Waals surface area contributed by atoms with Crippen molar-refractivity contribution >= 4 is 25.9 Å². The van der Waals surface area contributed by atoms with E-state index in [1.807, 2.05) is 52.0 Å². The molecular weight excluding hydrogens is 549 g/mol. The monoisotopic (exact) mass is 595 g/mol. The lowest BCUT2D eigenvalue weighted by Gasteiger charge is -2.39. The van der Waals surface area contributed by atoms with Gasteiger partial charge in [-0.15, -0.1) is 0 Å². The van der Waals surface area contributed by atoms with E-state index in [4.69, 9.17) is 30.2 Å². The van der Waals surface area contributed by atoms with Crippen LogP contribution in [0.5, 0.6) is 11.5 Å². The number of carbonyl (C=O) groups is 1. The molecule has 224 valence electrons. The Morgan fingerprint density at radius 1 is 1.05 bits per heavy atom. The number of carbonyl (C=O) groups excluding carboxylic acids is 1. The second-order valence-corrected chi connectivity index (χ2v) is 17.8. The molecule has 0 aliphatic heterocycles. The van der Waals surface area contributed by atoms with E-state index in [1.54, 1.807) is 7.11 Å². The Kier molecular flexibility index (Phi) is 12.1. The molecular formula is C31H47ClFNO5Si. The maximum Gasteiger partial charge on any atom is 0.334 e. The molecule has 0 heterocycles. The average molecular weight is 596 g/mol. The average Bonchev–Trinajstić information content (AvgIpc) is 2.83. The minimum atomic E-state index is -2.20. The van der Waals surface area contributed by atoms with Crippen LogP contribution in [-0.2, 0) is 20.6 Å². The molecule has 0 saturated carbocycles. The van der Waals surface area contributed by atoms with E-state index in [0.29, 0.717) is 35.7 Å². The van der Waals surface area contributed by atoms with E-state index in [0.717, 1.165) is 11.3 Å². The summed E-state index contributed by atoms with van der Waals surface area (Å²) in [4.78, 5) is 13.0. The van der Waals surface area contributed by atoms with Crippen LogP contribution in [0.25, 0.3) is 0 Å². The van der Waals surface area contributed by atoms with Crippen LogP contribution in [0.3, 0.4) is 0 Å². The summed E-state index contributed by atoms with van der Waals surface area (Å²) in [5.74, 6) is 0.645. The molecule has 1 N–H and O–H groups in total. The highest BCUT2D eigenvalue weighted by Crippen LogP contribution is 2.38. The SMILES string of the molecule is COc1ccc(OCc2c(Cl)cc(F)cc2C(C)NCCCC(O[Si](C)(C)C(C)(C)C)C(=O)OC(C)(C)C)cc1. The third kappa shape index (κ3) is 10.4. The number of hydrogen-bond donors (Lipinski definition) is 1. The molecule has 0 saturated heterocycles. The number of ether oxygens (including phenoxy) is 3. The van der Waals surface area contributed by atoms with Gasteiger partial charge in [-0.05, 0) is 107 Å². The van der Waals surface area contributed by atoms with E-state index in [-0.39, 0.29) is 23.7 Å². The Balaban J connectivity index is 2.08. The molecule has 0 radical (unpaired) electrons. The largest absolute Gasteiger partial charge is 0.497 e. The van der Waals surface area contributed by atoms with Gasteiger partial charge < -0.3 is 24.0 Å². The van der Waals surface area contributed by atoms with Gasteiger partial charge in [0.15, 0.2) is 8.32 Å². The molecule has 2 atom stereocenters. The van der Waals surface area contributed by atoms with Crippen LogP contribution in [0, 0.1) is 5.82 Å². The van der Waals surface area contributed by atoms with E-state index in [9.17, 15) is 9.18 Å². The van der Waals surface area contributed by atoms with Crippen molar-refractivity contribution in [1.29, 1.82) is 0 Å². The first kappa shape index (κ1) is 34.1. The van der Waals surface area contributed by atoms with Crippen molar-refractivity contribution < 1.29 is 27.8 Å². The van der Waals surface area contributed by atoms with Crippen LogP contribution < -0.4 is 14.8 Å². The van der Waals surface area contributed by atoms with Gasteiger partial charge in [0.1, 0.15) is 35.6 Å². The fraction of sp³-hybridized carbons (Fsp3) is 0.581. The van der Waals surface area contributed by atoms with Crippen LogP contribution >= 0.6 is 11.6 Å². The highest BCUT2D eigenvalue weighted by Gasteiger charge is 2.41. The predicted octanol–water partition coefficient (Wildman–Crippen LogP) is 8.23. The van der Waals surface area contributed by atoms with E-state index in [1.165, 1.54) is 12.1 Å². The van der Waals surface area contributed by atoms with Crippen molar-refractivity contribution in [1.82, 2.24) is 5.32 Å². The van der Waals surface area contributed by atoms with Gasteiger partial charge in [-0.2, -0.15) is 0 Å². The molecule has 0 fully saturated rings. The van der Waals surface area contributed by atoms with E-state index in [2.05, 4.69) is 39.2 Å². The topological polar surface area (TPSA) is 66.0 Å². The number of methoxy groups -OCH3 is 1. The molecule has 0 aliphatic carbocycles. The van der Waals surface area contributed by atoms with E-state index < -0.39 is 25.8 Å². The molecule has 2 aromatic rings. The Morgan fingerprint density at radius 3 is 2.20 bits per heavy atom. The minimum Gasteiger partial charge on any atom is -0.497 e. The Morgan fingerprint density at radius 2 is 1.65 bits per heavy atom. The third-order valence-electron chi connectivity index (χ3n) is 7.11. The molecule has 9 heteroatoms. The highest BCUT2D eigenvalue weighted by molar-refractivity contribution is 6.74. The zero-order valence-electron chi connectivity index (χ0n) is 25.7. The van der Waals surface area contributed by atoms with Crippen molar-refractivity contribution in [3.63, 3.8) is 0 Å². The summed E-state index contributed by atoms with van der Waals surface area (Å²) in [5.41, 5.74) is 0.839. The minimum absolute atomic E-state index is 0.0407. The van der Waals surface area contributed by atoms with Gasteiger partial charge in [0.05, 0.1) is 12.1 Å². The van der Waals surface area contributed by atoms with Crippen molar-refractivity contribution in [3.05, 3.63) is 58.4 Å². The van der Waals surface area contributed by atoms with Crippen molar-refractivity contribution in [2.45, 2.75) is 104 Å². The van der Waals surface area contributed by atoms with Gasteiger partial charge in [0, 0.05) is 11.6 Å². The van der Waals surface area contributed by atoms with Gasteiger partial charge in [0.2, 0.25) is 0 Å². The normalized spacial score (nSPS) is 14.0. The van der Waals surface area contributed by atoms with Crippen LogP contribution in [0.4, 0.5) is 4.39 Å². The molecule has 2 aromatic carbocycles. The van der Waals surface area contributed by atoms with Gasteiger partial charge in [0.25, 0.3) is 0 Å². The van der Waals surface area contributed by atoms with Crippen molar-refractivity contribution in [3.8, 4) is 11.5 Å². The molecule has 40 heavy (non-hydrogen) atoms. The second kappa shape index (κ2) is 14.2. The quantitative estimate of drug-likeness (QED) is 0.143. The molecule has 2 unspecified atom stereocenters. The molecule has 0 aromatic heterocycles. The third-order valence-corrected chi connectivity index (χ3v) is 11.9. The van der Waals surface area contributed by atoms with Crippen molar-refractivity contribution in [2.24, 2.45) is 0 Å². The van der Waals surface area contributed by atoms with Crippen LogP contribution in [0.15, 0.2) is 36.4 Å². The summed E-state index contributed by atoms with van der Waals surface area (Å²) in [7, 11) is -0.597. The fourth-order valence-electron chi connectivity index (χ4n) is 3.83. The van der Waals surface area contributed by atoms with Gasteiger partial charge in [-0.3, -0.25) is 0 Å². The summed E-state index contributed by atoms with van der Waals surface area (Å²) in [6, 6.07) is 9.82. The summed E-state index contributed by atoms with van der Waals surface area (Å²) in [6.45, 7) is 19.0. The zero-order chi connectivity index (χ0) is 30.3. The standard InChI is InChI=1S/C31H47ClFNO5Si/c1-21(25-18-22(33)19-27(32)26(25)20-37-24-15-13-23(36-8)14-16-24)34-17-11-12-28(29(35)38-30(2,3)4)39-40(9,10)31(5,6)7/h13-16,18-19,21,28,34H,11-12,17,20H2,1-10H3. The lowest BCUT2D eigenvalue weighted by molar-refractivity contribution is -0.164. The number of nitrogens with one attached hydrogen (secondary N) is 1. The van der Waals surface area contributed by atoms with Gasteiger partial charge in [-0.1, -0.05) is 32.4 Å². The summed E-state index contributed by atoms with van der Waals surface area (Å²) >= 11 is 6.45. The number of esters is 1. The molecule has 6 nitrogen and oxygen atoms in total. The highest BCUT2D eigenvalue weighted by atomic mass is 35.5. The molecule has 0 amide bonds. The predicted molar refractivity (Wildman–Crippen MR) is 162 cm³/mol. The molecule has 0 bridgehead atoms. The number of benzene rings is 2. The van der Waals surface area contributed by atoms with Crippen LogP contribution in [-0.4, -0.2) is 39.6 Å². The number of rotatable bonds is 13. The first-order valence-corrected chi connectivity index (χ1v) is 17.1. The molecule has 0 spiro atoms. The van der Waals surface area contributed by atoms with Crippen LogP contribution in [0.2, 0.25) is 23.2 Å². The smallest absolute Gasteiger partial charge is 0.334 e. The Labute approximate surface area is 246 Å². The fourth-order valence-corrected chi connectivity index (χ4v) is 5.38. The van der Waals surface area contributed by atoms with Gasteiger partial charge >= 0.3 is 5.97 Å². The Hall–Kier alpha value is -2.13. The lowest BCUT2D eigenvalue weighted by Crippen LogP contribution is -2.47. The number of halogens is 2. The maximum atomic E-state index is 14.4. The maximum absolute atomic E-state index is 14.4. The first-order chi connectivity index (χ1) is 18.4. The van der Waals surface area contributed by atoms with Gasteiger partial charge in [-0.25, -0.2) is 9.18 Å². The summed E-state index contributed by atoms with van der Waals surface area (Å²) < 4.78 is 37.7. The van der Waals surface area contributed by atoms with E-state index >= 15 is 0 Å². The molecule has 0 aliphatic rings.